The van der Waals surface area contributed by atoms with Crippen LogP contribution in [0.4, 0.5) is 0 Å². The van der Waals surface area contributed by atoms with Gasteiger partial charge in [0.15, 0.2) is 0 Å². The lowest BCUT2D eigenvalue weighted by Crippen LogP contribution is -1.94. The summed E-state index contributed by atoms with van der Waals surface area (Å²) < 4.78 is 4.98. The molecule has 0 aliphatic rings. The number of thiophene rings is 1. The third-order valence-electron chi connectivity index (χ3n) is 12.9. The molecule has 0 saturated carbocycles. The molecule has 0 radical (unpaired) electrons. The molecule has 5 aromatic heterocycles. The maximum absolute atomic E-state index is 4.74. The van der Waals surface area contributed by atoms with Crippen LogP contribution in [0, 0.1) is 0 Å². The highest BCUT2D eigenvalue weighted by Gasteiger charge is 2.19. The minimum atomic E-state index is 0.957. The van der Waals surface area contributed by atoms with Crippen LogP contribution < -0.4 is 0 Å². The van der Waals surface area contributed by atoms with E-state index in [1.807, 2.05) is 81.9 Å². The Hall–Kier alpha value is -8.51. The SMILES string of the molecule is C/C=C\C(C)=C/C.CC.c1ccc(-c2ccccc2-c2ccc3sc4ccc(-n5c6ccc(-c7ccccc7-c7ccccn7)cc6c6cc(-c7ccccc7-c7ccccn7)ccc65)cc4c3c2)nc1. The summed E-state index contributed by atoms with van der Waals surface area (Å²) in [5, 5.41) is 4.88. The highest BCUT2D eigenvalue weighted by atomic mass is 32.1. The van der Waals surface area contributed by atoms with Crippen LogP contribution in [0.25, 0.3) is 115 Å². The van der Waals surface area contributed by atoms with Gasteiger partial charge in [-0.2, -0.15) is 0 Å². The molecular formula is C66H54N4S. The molecule has 0 saturated heterocycles. The fourth-order valence-corrected chi connectivity index (χ4v) is 10.6. The van der Waals surface area contributed by atoms with Gasteiger partial charge in [0.2, 0.25) is 0 Å². The van der Waals surface area contributed by atoms with Gasteiger partial charge in [0.1, 0.15) is 0 Å². The number of hydrogen-bond acceptors (Lipinski definition) is 4. The van der Waals surface area contributed by atoms with Crippen molar-refractivity contribution in [3.8, 4) is 72.8 Å². The average molecular weight is 935 g/mol. The maximum atomic E-state index is 4.74. The normalized spacial score (nSPS) is 11.5. The molecule has 0 aliphatic carbocycles. The average Bonchev–Trinajstić information content (AvgIpc) is 3.98. The Morgan fingerprint density at radius 3 is 1.18 bits per heavy atom. The zero-order valence-electron chi connectivity index (χ0n) is 40.7. The molecule has 7 aromatic carbocycles. The summed E-state index contributed by atoms with van der Waals surface area (Å²) in [6.45, 7) is 10.1. The van der Waals surface area contributed by atoms with Gasteiger partial charge in [-0.25, -0.2) is 0 Å². The van der Waals surface area contributed by atoms with Crippen molar-refractivity contribution >= 4 is 53.3 Å². The smallest absolute Gasteiger partial charge is 0.0708 e. The summed E-state index contributed by atoms with van der Waals surface area (Å²) in [7, 11) is 0. The topological polar surface area (TPSA) is 43.6 Å². The van der Waals surface area contributed by atoms with Crippen LogP contribution in [0.2, 0.25) is 0 Å². The number of hydrogen-bond donors (Lipinski definition) is 0. The molecule has 0 bridgehead atoms. The fraction of sp³-hybridized carbons (Fsp3) is 0.0758. The first-order chi connectivity index (χ1) is 35.1. The van der Waals surface area contributed by atoms with Gasteiger partial charge < -0.3 is 4.57 Å². The predicted octanol–water partition coefficient (Wildman–Crippen LogP) is 18.9. The van der Waals surface area contributed by atoms with E-state index in [4.69, 9.17) is 15.0 Å². The van der Waals surface area contributed by atoms with Gasteiger partial charge in [-0.1, -0.05) is 147 Å². The van der Waals surface area contributed by atoms with E-state index in [1.54, 1.807) is 0 Å². The predicted molar refractivity (Wildman–Crippen MR) is 305 cm³/mol. The zero-order valence-corrected chi connectivity index (χ0v) is 41.5. The molecule has 0 unspecified atom stereocenters. The summed E-state index contributed by atoms with van der Waals surface area (Å²) in [6, 6.07) is 71.8. The quantitative estimate of drug-likeness (QED) is 0.143. The van der Waals surface area contributed by atoms with Gasteiger partial charge >= 0.3 is 0 Å². The number of benzene rings is 7. The van der Waals surface area contributed by atoms with E-state index in [1.165, 1.54) is 47.6 Å². The van der Waals surface area contributed by atoms with Crippen LogP contribution in [0.3, 0.4) is 0 Å². The molecule has 71 heavy (non-hydrogen) atoms. The first kappa shape index (κ1) is 46.2. The second kappa shape index (κ2) is 21.0. The van der Waals surface area contributed by atoms with Crippen molar-refractivity contribution in [3.05, 3.63) is 243 Å². The molecule has 4 nitrogen and oxygen atoms in total. The van der Waals surface area contributed by atoms with E-state index < -0.39 is 0 Å². The molecule has 0 N–H and O–H groups in total. The van der Waals surface area contributed by atoms with Gasteiger partial charge in [-0.15, -0.1) is 11.3 Å². The maximum Gasteiger partial charge on any atom is 0.0708 e. The van der Waals surface area contributed by atoms with E-state index in [9.17, 15) is 0 Å². The Bertz CT molecular complexity index is 3720. The molecule has 12 aromatic rings. The van der Waals surface area contributed by atoms with Crippen molar-refractivity contribution in [2.24, 2.45) is 0 Å². The summed E-state index contributed by atoms with van der Waals surface area (Å²) in [5.41, 5.74) is 17.9. The van der Waals surface area contributed by atoms with Crippen LogP contribution >= 0.6 is 11.3 Å². The highest BCUT2D eigenvalue weighted by molar-refractivity contribution is 7.25. The Labute approximate surface area is 420 Å². The Morgan fingerprint density at radius 1 is 0.408 bits per heavy atom. The molecule has 5 heterocycles. The standard InChI is InChI=1S/C57H36N4S.C7H12.C2H6/c1-4-16-44(51-19-7-10-30-58-51)41(13-1)37-22-26-54-47(33-37)48-34-38(42-14-2-5-17-45(42)52-20-8-11-31-59-52)23-27-55(48)61(54)40-25-29-57-50(36-40)49-35-39(24-28-56(49)62-57)43-15-3-6-18-46(43)53-21-9-12-32-60-53;1-4-6-7(3)5-2;1-2/h1-36H;4-6H,1-3H3;1-2H3/b;6-4-,7-5-;. The van der Waals surface area contributed by atoms with Gasteiger partial charge in [0, 0.05) is 71.9 Å². The number of nitrogens with zero attached hydrogens (tertiary/aromatic N) is 4. The molecule has 344 valence electrons. The van der Waals surface area contributed by atoms with Crippen molar-refractivity contribution in [2.45, 2.75) is 34.6 Å². The van der Waals surface area contributed by atoms with Crippen LogP contribution in [-0.4, -0.2) is 19.5 Å². The largest absolute Gasteiger partial charge is 0.309 e. The Kier molecular flexibility index (Phi) is 13.7. The van der Waals surface area contributed by atoms with E-state index in [2.05, 4.69) is 206 Å². The second-order valence-corrected chi connectivity index (χ2v) is 18.2. The molecular weight excluding hydrogens is 881 g/mol. The van der Waals surface area contributed by atoms with Crippen LogP contribution in [0.1, 0.15) is 34.6 Å². The summed E-state index contributed by atoms with van der Waals surface area (Å²) >= 11 is 1.85. The lowest BCUT2D eigenvalue weighted by atomic mass is 9.94. The molecule has 5 heteroatoms. The van der Waals surface area contributed by atoms with Crippen molar-refractivity contribution in [2.75, 3.05) is 0 Å². The summed E-state index contributed by atoms with van der Waals surface area (Å²) in [5.74, 6) is 0. The van der Waals surface area contributed by atoms with Crippen LogP contribution in [0.15, 0.2) is 243 Å². The van der Waals surface area contributed by atoms with E-state index in [0.29, 0.717) is 0 Å². The highest BCUT2D eigenvalue weighted by Crippen LogP contribution is 2.43. The molecule has 0 amide bonds. The lowest BCUT2D eigenvalue weighted by molar-refractivity contribution is 1.19. The summed E-state index contributed by atoms with van der Waals surface area (Å²) in [4.78, 5) is 14.2. The Morgan fingerprint density at radius 2 is 0.789 bits per heavy atom. The molecule has 0 spiro atoms. The molecule has 0 aliphatic heterocycles. The van der Waals surface area contributed by atoms with Gasteiger partial charge in [-0.3, -0.25) is 15.0 Å². The molecule has 0 atom stereocenters. The third kappa shape index (κ3) is 9.24. The van der Waals surface area contributed by atoms with Crippen LogP contribution in [0.5, 0.6) is 0 Å². The van der Waals surface area contributed by atoms with E-state index in [0.717, 1.165) is 72.7 Å². The van der Waals surface area contributed by atoms with Crippen molar-refractivity contribution in [1.82, 2.24) is 19.5 Å². The minimum absolute atomic E-state index is 0.957. The second-order valence-electron chi connectivity index (χ2n) is 17.1. The van der Waals surface area contributed by atoms with Crippen molar-refractivity contribution in [3.63, 3.8) is 0 Å². The number of aromatic nitrogens is 4. The minimum Gasteiger partial charge on any atom is -0.309 e. The van der Waals surface area contributed by atoms with Gasteiger partial charge in [-0.05, 0) is 145 Å². The zero-order chi connectivity index (χ0) is 48.7. The number of allylic oxidation sites excluding steroid dienone is 4. The van der Waals surface area contributed by atoms with Crippen molar-refractivity contribution < 1.29 is 0 Å². The van der Waals surface area contributed by atoms with Gasteiger partial charge in [0.25, 0.3) is 0 Å². The Balaban J connectivity index is 0.000000598. The lowest BCUT2D eigenvalue weighted by Gasteiger charge is -2.12. The van der Waals surface area contributed by atoms with Crippen LogP contribution in [-0.2, 0) is 0 Å². The number of rotatable bonds is 8. The number of fused-ring (bicyclic) bond motifs is 6. The van der Waals surface area contributed by atoms with Gasteiger partial charge in [0.05, 0.1) is 28.1 Å². The fourth-order valence-electron chi connectivity index (χ4n) is 9.51. The van der Waals surface area contributed by atoms with E-state index in [-0.39, 0.29) is 0 Å². The molecule has 0 fully saturated rings. The monoisotopic (exact) mass is 934 g/mol. The van der Waals surface area contributed by atoms with E-state index >= 15 is 0 Å². The first-order valence-corrected chi connectivity index (χ1v) is 25.2. The summed E-state index contributed by atoms with van der Waals surface area (Å²) in [6.07, 6.45) is 11.8. The third-order valence-corrected chi connectivity index (χ3v) is 14.0. The number of pyridine rings is 3. The molecule has 12 rings (SSSR count). The van der Waals surface area contributed by atoms with Crippen molar-refractivity contribution in [1.29, 1.82) is 0 Å². The first-order valence-electron chi connectivity index (χ1n) is 24.4.